The molecule has 0 spiro atoms. The quantitative estimate of drug-likeness (QED) is 0.596. The van der Waals surface area contributed by atoms with E-state index in [0.717, 1.165) is 6.42 Å². The van der Waals surface area contributed by atoms with Crippen molar-refractivity contribution in [2.45, 2.75) is 58.9 Å². The van der Waals surface area contributed by atoms with E-state index < -0.39 is 11.5 Å². The molecule has 0 fully saturated rings. The molecule has 5 nitrogen and oxygen atoms in total. The highest BCUT2D eigenvalue weighted by Crippen LogP contribution is 2.17. The summed E-state index contributed by atoms with van der Waals surface area (Å²) in [7, 11) is 0. The van der Waals surface area contributed by atoms with Crippen molar-refractivity contribution in [2.24, 2.45) is 17.6 Å². The Balaban J connectivity index is 4.52. The summed E-state index contributed by atoms with van der Waals surface area (Å²) >= 11 is 0. The van der Waals surface area contributed by atoms with E-state index >= 15 is 0 Å². The van der Waals surface area contributed by atoms with Gasteiger partial charge in [0.25, 0.3) is 0 Å². The lowest BCUT2D eigenvalue weighted by molar-refractivity contribution is -0.147. The Labute approximate surface area is 115 Å². The second kappa shape index (κ2) is 8.15. The average molecular weight is 272 g/mol. The second-order valence-electron chi connectivity index (χ2n) is 5.87. The van der Waals surface area contributed by atoms with Gasteiger partial charge in [-0.15, -0.1) is 0 Å². The summed E-state index contributed by atoms with van der Waals surface area (Å²) in [4.78, 5) is 23.2. The molecule has 0 radical (unpaired) electrons. The van der Waals surface area contributed by atoms with Gasteiger partial charge >= 0.3 is 5.97 Å². The summed E-state index contributed by atoms with van der Waals surface area (Å²) in [6.45, 7) is 8.06. The van der Waals surface area contributed by atoms with Crippen molar-refractivity contribution in [3.63, 3.8) is 0 Å². The fourth-order valence-electron chi connectivity index (χ4n) is 2.27. The SMILES string of the molecule is CCCC(C)(NC(=O)C[C@@H](CN)CC(C)C)C(=O)O. The molecule has 0 aliphatic carbocycles. The normalized spacial score (nSPS) is 15.9. The van der Waals surface area contributed by atoms with Crippen LogP contribution in [0.1, 0.15) is 53.4 Å². The van der Waals surface area contributed by atoms with Crippen LogP contribution in [-0.2, 0) is 9.59 Å². The molecule has 5 heteroatoms. The molecule has 4 N–H and O–H groups in total. The zero-order valence-corrected chi connectivity index (χ0v) is 12.5. The van der Waals surface area contributed by atoms with Gasteiger partial charge in [-0.25, -0.2) is 4.79 Å². The van der Waals surface area contributed by atoms with E-state index in [1.54, 1.807) is 6.92 Å². The minimum atomic E-state index is -1.18. The van der Waals surface area contributed by atoms with E-state index in [1.165, 1.54) is 0 Å². The van der Waals surface area contributed by atoms with Crippen molar-refractivity contribution in [3.8, 4) is 0 Å². The molecule has 112 valence electrons. The minimum Gasteiger partial charge on any atom is -0.480 e. The molecule has 1 amide bonds. The Morgan fingerprint density at radius 3 is 2.32 bits per heavy atom. The van der Waals surface area contributed by atoms with Gasteiger partial charge in [0.1, 0.15) is 5.54 Å². The standard InChI is InChI=1S/C14H28N2O3/c1-5-6-14(4,13(18)19)16-12(17)8-11(9-15)7-10(2)3/h10-11H,5-9,15H2,1-4H3,(H,16,17)(H,18,19)/t11-,14?/m0/s1. The Bertz CT molecular complexity index is 305. The van der Waals surface area contributed by atoms with Gasteiger partial charge in [0, 0.05) is 6.42 Å². The first-order valence-electron chi connectivity index (χ1n) is 6.99. The number of nitrogens with one attached hydrogen (secondary N) is 1. The number of carboxylic acids is 1. The van der Waals surface area contributed by atoms with Crippen LogP contribution in [0.4, 0.5) is 0 Å². The van der Waals surface area contributed by atoms with Crippen LogP contribution >= 0.6 is 0 Å². The number of carboxylic acid groups (broad SMARTS) is 1. The molecule has 0 aliphatic heterocycles. The average Bonchev–Trinajstić information content (AvgIpc) is 2.27. The monoisotopic (exact) mass is 272 g/mol. The number of hydrogen-bond acceptors (Lipinski definition) is 3. The maximum Gasteiger partial charge on any atom is 0.329 e. The molecule has 0 aromatic carbocycles. The lowest BCUT2D eigenvalue weighted by Crippen LogP contribution is -2.52. The summed E-state index contributed by atoms with van der Waals surface area (Å²) in [5.41, 5.74) is 4.48. The number of rotatable bonds is 9. The number of carbonyl (C=O) groups excluding carboxylic acids is 1. The van der Waals surface area contributed by atoms with E-state index in [-0.39, 0.29) is 11.8 Å². The molecule has 0 heterocycles. The van der Waals surface area contributed by atoms with E-state index in [1.807, 2.05) is 6.92 Å². The van der Waals surface area contributed by atoms with Crippen molar-refractivity contribution in [1.82, 2.24) is 5.32 Å². The van der Waals surface area contributed by atoms with E-state index in [4.69, 9.17) is 5.73 Å². The lowest BCUT2D eigenvalue weighted by atomic mass is 9.92. The molecular weight excluding hydrogens is 244 g/mol. The number of carbonyl (C=O) groups is 2. The number of amides is 1. The number of nitrogens with two attached hydrogens (primary N) is 1. The lowest BCUT2D eigenvalue weighted by Gasteiger charge is -2.27. The van der Waals surface area contributed by atoms with Gasteiger partial charge in [-0.3, -0.25) is 4.79 Å². The predicted octanol–water partition coefficient (Wildman–Crippen LogP) is 1.76. The van der Waals surface area contributed by atoms with E-state index in [9.17, 15) is 14.7 Å². The summed E-state index contributed by atoms with van der Waals surface area (Å²) in [6.07, 6.45) is 2.30. The smallest absolute Gasteiger partial charge is 0.329 e. The van der Waals surface area contributed by atoms with Crippen LogP contribution in [0.2, 0.25) is 0 Å². The van der Waals surface area contributed by atoms with Crippen LogP contribution < -0.4 is 11.1 Å². The van der Waals surface area contributed by atoms with Gasteiger partial charge in [-0.1, -0.05) is 27.2 Å². The second-order valence-corrected chi connectivity index (χ2v) is 5.87. The highest BCUT2D eigenvalue weighted by atomic mass is 16.4. The van der Waals surface area contributed by atoms with Gasteiger partial charge in [0.15, 0.2) is 0 Å². The molecule has 0 saturated heterocycles. The maximum atomic E-state index is 12.0. The van der Waals surface area contributed by atoms with Crippen LogP contribution in [0, 0.1) is 11.8 Å². The Hall–Kier alpha value is -1.10. The van der Waals surface area contributed by atoms with Gasteiger partial charge in [0.05, 0.1) is 0 Å². The van der Waals surface area contributed by atoms with E-state index in [2.05, 4.69) is 19.2 Å². The fourth-order valence-corrected chi connectivity index (χ4v) is 2.27. The Morgan fingerprint density at radius 2 is 1.95 bits per heavy atom. The largest absolute Gasteiger partial charge is 0.480 e. The summed E-state index contributed by atoms with van der Waals surface area (Å²) < 4.78 is 0. The molecule has 0 bridgehead atoms. The first-order valence-corrected chi connectivity index (χ1v) is 6.99. The molecule has 0 aromatic heterocycles. The van der Waals surface area contributed by atoms with Gasteiger partial charge < -0.3 is 16.2 Å². The maximum absolute atomic E-state index is 12.0. The van der Waals surface area contributed by atoms with Gasteiger partial charge in [-0.2, -0.15) is 0 Å². The van der Waals surface area contributed by atoms with Crippen molar-refractivity contribution in [1.29, 1.82) is 0 Å². The first kappa shape index (κ1) is 17.9. The third-order valence-corrected chi connectivity index (χ3v) is 3.25. The molecule has 0 aliphatic rings. The summed E-state index contributed by atoms with van der Waals surface area (Å²) in [6, 6.07) is 0. The third-order valence-electron chi connectivity index (χ3n) is 3.25. The predicted molar refractivity (Wildman–Crippen MR) is 75.7 cm³/mol. The number of hydrogen-bond donors (Lipinski definition) is 3. The van der Waals surface area contributed by atoms with Gasteiger partial charge in [0.2, 0.25) is 5.91 Å². The summed E-state index contributed by atoms with van der Waals surface area (Å²) in [5, 5.41) is 11.8. The van der Waals surface area contributed by atoms with Gasteiger partial charge in [-0.05, 0) is 38.1 Å². The van der Waals surface area contributed by atoms with Crippen LogP contribution in [-0.4, -0.2) is 29.1 Å². The van der Waals surface area contributed by atoms with E-state index in [0.29, 0.717) is 31.7 Å². The van der Waals surface area contributed by atoms with Crippen molar-refractivity contribution in [3.05, 3.63) is 0 Å². The molecule has 19 heavy (non-hydrogen) atoms. The zero-order valence-electron chi connectivity index (χ0n) is 12.5. The molecule has 0 saturated carbocycles. The molecule has 2 atom stereocenters. The topological polar surface area (TPSA) is 92.4 Å². The number of aliphatic carboxylic acids is 1. The third kappa shape index (κ3) is 6.57. The van der Waals surface area contributed by atoms with Crippen LogP contribution in [0.5, 0.6) is 0 Å². The van der Waals surface area contributed by atoms with Crippen molar-refractivity contribution < 1.29 is 14.7 Å². The molecule has 1 unspecified atom stereocenters. The molecule has 0 rings (SSSR count). The highest BCUT2D eigenvalue weighted by molar-refractivity contribution is 5.86. The van der Waals surface area contributed by atoms with Crippen molar-refractivity contribution >= 4 is 11.9 Å². The highest BCUT2D eigenvalue weighted by Gasteiger charge is 2.34. The first-order chi connectivity index (χ1) is 8.75. The molecule has 0 aromatic rings. The minimum absolute atomic E-state index is 0.111. The molecular formula is C14H28N2O3. The van der Waals surface area contributed by atoms with Crippen LogP contribution in [0.3, 0.4) is 0 Å². The Morgan fingerprint density at radius 1 is 1.37 bits per heavy atom. The van der Waals surface area contributed by atoms with Crippen molar-refractivity contribution in [2.75, 3.05) is 6.54 Å². The summed E-state index contributed by atoms with van der Waals surface area (Å²) in [5.74, 6) is -0.632. The zero-order chi connectivity index (χ0) is 15.1. The Kier molecular flexibility index (Phi) is 7.68. The van der Waals surface area contributed by atoms with Crippen LogP contribution in [0.15, 0.2) is 0 Å². The fraction of sp³-hybridized carbons (Fsp3) is 0.857. The van der Waals surface area contributed by atoms with Crippen LogP contribution in [0.25, 0.3) is 0 Å².